The van der Waals surface area contributed by atoms with Crippen LogP contribution in [0, 0.1) is 0 Å². The maximum Gasteiger partial charge on any atom is 0.243 e. The van der Waals surface area contributed by atoms with Crippen LogP contribution in [0.1, 0.15) is 6.92 Å². The highest BCUT2D eigenvalue weighted by Gasteiger charge is 2.32. The van der Waals surface area contributed by atoms with Gasteiger partial charge >= 0.3 is 0 Å². The fourth-order valence-corrected chi connectivity index (χ4v) is 4.16. The van der Waals surface area contributed by atoms with Crippen LogP contribution >= 0.6 is 11.6 Å². The van der Waals surface area contributed by atoms with Crippen LogP contribution in [0.4, 0.5) is 0 Å². The third kappa shape index (κ3) is 4.03. The molecule has 1 heterocycles. The normalized spacial score (nSPS) is 18.6. The number of rotatable bonds is 4. The zero-order chi connectivity index (χ0) is 17.2. The second-order valence-corrected chi connectivity index (χ2v) is 8.18. The van der Waals surface area contributed by atoms with E-state index in [9.17, 15) is 13.2 Å². The van der Waals surface area contributed by atoms with E-state index in [1.54, 1.807) is 31.1 Å². The summed E-state index contributed by atoms with van der Waals surface area (Å²) in [6.45, 7) is 3.67. The fraction of sp³-hybridized carbons (Fsp3) is 0.533. The smallest absolute Gasteiger partial charge is 0.243 e. The number of hydrogen-bond acceptors (Lipinski definition) is 4. The van der Waals surface area contributed by atoms with Crippen LogP contribution in [-0.2, 0) is 14.8 Å². The Morgan fingerprint density at radius 3 is 2.13 bits per heavy atom. The number of carbonyl (C=O) groups excluding carboxylic acids is 1. The zero-order valence-electron chi connectivity index (χ0n) is 13.6. The van der Waals surface area contributed by atoms with E-state index in [1.807, 2.05) is 11.8 Å². The molecule has 8 heteroatoms. The Labute approximate surface area is 142 Å². The van der Waals surface area contributed by atoms with Crippen molar-refractivity contribution in [3.63, 3.8) is 0 Å². The molecular formula is C15H22ClN3O3S. The first-order chi connectivity index (χ1) is 10.7. The van der Waals surface area contributed by atoms with E-state index in [0.29, 0.717) is 31.2 Å². The predicted molar refractivity (Wildman–Crippen MR) is 89.9 cm³/mol. The molecule has 0 aliphatic carbocycles. The third-order valence-corrected chi connectivity index (χ3v) is 6.24. The van der Waals surface area contributed by atoms with Gasteiger partial charge in [0.15, 0.2) is 0 Å². The van der Waals surface area contributed by atoms with Crippen LogP contribution in [-0.4, -0.2) is 74.7 Å². The van der Waals surface area contributed by atoms with E-state index in [0.717, 1.165) is 0 Å². The van der Waals surface area contributed by atoms with Gasteiger partial charge in [-0.2, -0.15) is 4.31 Å². The number of carbonyl (C=O) groups is 1. The topological polar surface area (TPSA) is 60.9 Å². The Hall–Kier alpha value is -1.15. The van der Waals surface area contributed by atoms with Crippen LogP contribution in [0.15, 0.2) is 29.2 Å². The summed E-state index contributed by atoms with van der Waals surface area (Å²) in [5.41, 5.74) is 0. The number of amides is 1. The molecule has 6 nitrogen and oxygen atoms in total. The fourth-order valence-electron chi connectivity index (χ4n) is 2.62. The maximum absolute atomic E-state index is 12.6. The van der Waals surface area contributed by atoms with Crippen LogP contribution in [0.2, 0.25) is 5.02 Å². The second-order valence-electron chi connectivity index (χ2n) is 5.80. The van der Waals surface area contributed by atoms with E-state index < -0.39 is 10.0 Å². The van der Waals surface area contributed by atoms with Gasteiger partial charge in [-0.05, 0) is 31.2 Å². The largest absolute Gasteiger partial charge is 0.347 e. The Bertz CT molecular complexity index is 653. The van der Waals surface area contributed by atoms with Crippen molar-refractivity contribution in [2.45, 2.75) is 17.9 Å². The van der Waals surface area contributed by atoms with Crippen molar-refractivity contribution in [1.82, 2.24) is 14.1 Å². The number of halogens is 1. The molecule has 128 valence electrons. The van der Waals surface area contributed by atoms with E-state index in [4.69, 9.17) is 11.6 Å². The van der Waals surface area contributed by atoms with Crippen molar-refractivity contribution in [1.29, 1.82) is 0 Å². The highest BCUT2D eigenvalue weighted by molar-refractivity contribution is 7.89. The van der Waals surface area contributed by atoms with Gasteiger partial charge in [0.25, 0.3) is 0 Å². The molecule has 0 radical (unpaired) electrons. The second kappa shape index (κ2) is 7.17. The van der Waals surface area contributed by atoms with Crippen LogP contribution in [0.3, 0.4) is 0 Å². The molecule has 0 spiro atoms. The van der Waals surface area contributed by atoms with Gasteiger partial charge in [0.1, 0.15) is 0 Å². The number of benzene rings is 1. The molecule has 0 N–H and O–H groups in total. The Kier molecular flexibility index (Phi) is 5.67. The first-order valence-electron chi connectivity index (χ1n) is 7.44. The SMILES string of the molecule is C[C@H](C(=O)N(C)C)N1CCN(S(=O)(=O)c2ccc(Cl)cc2)CC1. The molecule has 1 aliphatic rings. The minimum Gasteiger partial charge on any atom is -0.347 e. The Balaban J connectivity index is 2.04. The lowest BCUT2D eigenvalue weighted by atomic mass is 10.2. The molecule has 1 fully saturated rings. The molecule has 0 bridgehead atoms. The average molecular weight is 360 g/mol. The molecule has 23 heavy (non-hydrogen) atoms. The molecule has 1 aliphatic heterocycles. The van der Waals surface area contributed by atoms with E-state index in [1.165, 1.54) is 16.4 Å². The third-order valence-electron chi connectivity index (χ3n) is 4.07. The van der Waals surface area contributed by atoms with Gasteiger partial charge in [-0.25, -0.2) is 8.42 Å². The molecule has 0 aromatic heterocycles. The van der Waals surface area contributed by atoms with Crippen molar-refractivity contribution in [3.05, 3.63) is 29.3 Å². The number of piperazine rings is 1. The summed E-state index contributed by atoms with van der Waals surface area (Å²) in [5.74, 6) is 0.0269. The van der Waals surface area contributed by atoms with Gasteiger partial charge in [-0.1, -0.05) is 11.6 Å². The summed E-state index contributed by atoms with van der Waals surface area (Å²) in [7, 11) is -0.0672. The van der Waals surface area contributed by atoms with E-state index in [2.05, 4.69) is 0 Å². The van der Waals surface area contributed by atoms with Crippen molar-refractivity contribution < 1.29 is 13.2 Å². The highest BCUT2D eigenvalue weighted by Crippen LogP contribution is 2.20. The van der Waals surface area contributed by atoms with Crippen LogP contribution in [0.5, 0.6) is 0 Å². The molecule has 1 amide bonds. The minimum atomic E-state index is -3.51. The Morgan fingerprint density at radius 1 is 1.13 bits per heavy atom. The van der Waals surface area contributed by atoms with Gasteiger partial charge in [-0.3, -0.25) is 9.69 Å². The minimum absolute atomic E-state index is 0.0269. The average Bonchev–Trinajstić information content (AvgIpc) is 2.54. The first kappa shape index (κ1) is 18.2. The molecule has 2 rings (SSSR count). The van der Waals surface area contributed by atoms with Crippen molar-refractivity contribution in [2.24, 2.45) is 0 Å². The standard InChI is InChI=1S/C15H22ClN3O3S/c1-12(15(20)17(2)3)18-8-10-19(11-9-18)23(21,22)14-6-4-13(16)5-7-14/h4-7,12H,8-11H2,1-3H3/t12-/m1/s1. The lowest BCUT2D eigenvalue weighted by Gasteiger charge is -2.37. The number of nitrogens with zero attached hydrogens (tertiary/aromatic N) is 3. The first-order valence-corrected chi connectivity index (χ1v) is 9.26. The predicted octanol–water partition coefficient (Wildman–Crippen LogP) is 1.12. The summed E-state index contributed by atoms with van der Waals surface area (Å²) in [6.07, 6.45) is 0. The van der Waals surface area contributed by atoms with Crippen molar-refractivity contribution in [2.75, 3.05) is 40.3 Å². The van der Waals surface area contributed by atoms with Gasteiger partial charge in [-0.15, -0.1) is 0 Å². The maximum atomic E-state index is 12.6. The summed E-state index contributed by atoms with van der Waals surface area (Å²) < 4.78 is 26.7. The number of likely N-dealkylation sites (N-methyl/N-ethyl adjacent to an activating group) is 1. The van der Waals surface area contributed by atoms with Gasteiger partial charge < -0.3 is 4.90 Å². The van der Waals surface area contributed by atoms with Crippen LogP contribution in [0.25, 0.3) is 0 Å². The van der Waals surface area contributed by atoms with Crippen molar-refractivity contribution in [3.8, 4) is 0 Å². The number of sulfonamides is 1. The summed E-state index contributed by atoms with van der Waals surface area (Å²) in [6, 6.07) is 5.93. The van der Waals surface area contributed by atoms with Crippen LogP contribution < -0.4 is 0 Å². The lowest BCUT2D eigenvalue weighted by molar-refractivity contribution is -0.134. The van der Waals surface area contributed by atoms with E-state index >= 15 is 0 Å². The van der Waals surface area contributed by atoms with E-state index in [-0.39, 0.29) is 16.8 Å². The van der Waals surface area contributed by atoms with Gasteiger partial charge in [0.2, 0.25) is 15.9 Å². The summed E-state index contributed by atoms with van der Waals surface area (Å²) >= 11 is 5.81. The van der Waals surface area contributed by atoms with Gasteiger partial charge in [0, 0.05) is 45.3 Å². The zero-order valence-corrected chi connectivity index (χ0v) is 15.1. The van der Waals surface area contributed by atoms with Gasteiger partial charge in [0.05, 0.1) is 10.9 Å². The molecule has 0 unspecified atom stereocenters. The monoisotopic (exact) mass is 359 g/mol. The lowest BCUT2D eigenvalue weighted by Crippen LogP contribution is -2.54. The Morgan fingerprint density at radius 2 is 1.65 bits per heavy atom. The highest BCUT2D eigenvalue weighted by atomic mass is 35.5. The van der Waals surface area contributed by atoms with Crippen molar-refractivity contribution >= 4 is 27.5 Å². The molecular weight excluding hydrogens is 338 g/mol. The molecule has 1 saturated heterocycles. The molecule has 1 aromatic rings. The quantitative estimate of drug-likeness (QED) is 0.808. The number of hydrogen-bond donors (Lipinski definition) is 0. The summed E-state index contributed by atoms with van der Waals surface area (Å²) in [4.78, 5) is 15.8. The summed E-state index contributed by atoms with van der Waals surface area (Å²) in [5, 5.41) is 0.504. The molecule has 1 atom stereocenters. The molecule has 0 saturated carbocycles. The molecule has 1 aromatic carbocycles.